The molecule has 1 N–H and O–H groups in total. The summed E-state index contributed by atoms with van der Waals surface area (Å²) in [7, 11) is 2.03. The lowest BCUT2D eigenvalue weighted by atomic mass is 9.78. The van der Waals surface area contributed by atoms with Gasteiger partial charge in [-0.2, -0.15) is 10.5 Å². The molecule has 0 amide bonds. The number of ether oxygens (including phenoxy) is 2. The number of nitriles is 2. The quantitative estimate of drug-likeness (QED) is 0.437. The van der Waals surface area contributed by atoms with Crippen molar-refractivity contribution in [3.63, 3.8) is 0 Å². The summed E-state index contributed by atoms with van der Waals surface area (Å²) in [5.74, 6) is -2.26. The Hall–Kier alpha value is -3.37. The summed E-state index contributed by atoms with van der Waals surface area (Å²) in [6.07, 6.45) is 0.783. The average Bonchev–Trinajstić information content (AvgIpc) is 2.87. The topological polar surface area (TPSA) is 123 Å². The van der Waals surface area contributed by atoms with Gasteiger partial charge in [-0.05, 0) is 43.3 Å². The highest BCUT2D eigenvalue weighted by atomic mass is 35.5. The molecule has 3 heterocycles. The fourth-order valence-electron chi connectivity index (χ4n) is 4.38. The Morgan fingerprint density at radius 1 is 1.36 bits per heavy atom. The zero-order valence-corrected chi connectivity index (χ0v) is 21.4. The van der Waals surface area contributed by atoms with Gasteiger partial charge in [-0.15, -0.1) is 0 Å². The third-order valence-corrected chi connectivity index (χ3v) is 7.35. The van der Waals surface area contributed by atoms with Crippen LogP contribution in [0.3, 0.4) is 0 Å². The molecule has 4 rings (SSSR count). The third kappa shape index (κ3) is 5.24. The zero-order valence-electron chi connectivity index (χ0n) is 19.9. The summed E-state index contributed by atoms with van der Waals surface area (Å²) in [4.78, 5) is 20.1. The number of nitrogens with zero attached hydrogens (tertiary/aromatic N) is 4. The molecule has 2 unspecified atom stereocenters. The number of hydrogen-bond acceptors (Lipinski definition) is 9. The number of aromatic nitrogens is 1. The summed E-state index contributed by atoms with van der Waals surface area (Å²) >= 11 is 7.32. The van der Waals surface area contributed by atoms with Crippen molar-refractivity contribution in [2.24, 2.45) is 5.92 Å². The molecule has 0 fully saturated rings. The summed E-state index contributed by atoms with van der Waals surface area (Å²) in [5, 5.41) is 29.0. The molecule has 1 aromatic heterocycles. The van der Waals surface area contributed by atoms with Crippen LogP contribution in [-0.2, 0) is 27.2 Å². The maximum atomic E-state index is 13.1. The molecule has 2 aromatic rings. The molecule has 0 aliphatic carbocycles. The number of carbonyl (C=O) groups is 1. The molecule has 0 spiro atoms. The van der Waals surface area contributed by atoms with Crippen LogP contribution in [-0.4, -0.2) is 47.7 Å². The van der Waals surface area contributed by atoms with Crippen LogP contribution in [0.1, 0.15) is 35.2 Å². The van der Waals surface area contributed by atoms with Crippen LogP contribution in [0, 0.1) is 34.0 Å². The Kier molecular flexibility index (Phi) is 7.95. The average molecular weight is 522 g/mol. The van der Waals surface area contributed by atoms with E-state index in [1.807, 2.05) is 13.1 Å². The molecule has 2 aliphatic rings. The van der Waals surface area contributed by atoms with Crippen molar-refractivity contribution < 1.29 is 14.3 Å². The van der Waals surface area contributed by atoms with E-state index in [1.54, 1.807) is 31.2 Å². The van der Waals surface area contributed by atoms with E-state index in [-0.39, 0.29) is 29.6 Å². The van der Waals surface area contributed by atoms with Crippen LogP contribution in [0.5, 0.6) is 0 Å². The van der Waals surface area contributed by atoms with E-state index < -0.39 is 17.8 Å². The molecule has 36 heavy (non-hydrogen) atoms. The zero-order chi connectivity index (χ0) is 25.8. The van der Waals surface area contributed by atoms with Gasteiger partial charge in [0.2, 0.25) is 5.90 Å². The maximum absolute atomic E-state index is 13.1. The molecule has 1 aromatic carbocycles. The molecule has 0 radical (unpaired) electrons. The van der Waals surface area contributed by atoms with Gasteiger partial charge in [-0.25, -0.2) is 9.78 Å². The van der Waals surface area contributed by atoms with Gasteiger partial charge in [0.05, 0.1) is 29.6 Å². The van der Waals surface area contributed by atoms with E-state index in [0.717, 1.165) is 30.8 Å². The van der Waals surface area contributed by atoms with Crippen molar-refractivity contribution in [1.82, 2.24) is 9.88 Å². The SMILES string of the molecule is CCOC(=O)C1=C(CSc2nc3c(cc2C#N)CN(C)CC3)OC(=N)C(C#N)C1c1ccc(Cl)cc1. The highest BCUT2D eigenvalue weighted by Gasteiger charge is 2.42. The summed E-state index contributed by atoms with van der Waals surface area (Å²) in [6.45, 7) is 3.46. The number of hydrogen-bond donors (Lipinski definition) is 1. The standard InChI is InChI=1S/C26H24ClN5O3S/c1-3-34-26(33)23-21(35-24(30)19(12-29)22(23)15-4-6-18(27)7-5-15)14-36-25-16(11-28)10-17-13-32(2)9-8-20(17)31-25/h4-7,10,19,22,30H,3,8-9,13-14H2,1-2H3. The minimum absolute atomic E-state index is 0.138. The van der Waals surface area contributed by atoms with Crippen molar-refractivity contribution in [1.29, 1.82) is 15.9 Å². The lowest BCUT2D eigenvalue weighted by molar-refractivity contribution is -0.139. The normalized spacial score (nSPS) is 19.6. The number of fused-ring (bicyclic) bond motifs is 1. The van der Waals surface area contributed by atoms with Crippen molar-refractivity contribution >= 4 is 35.2 Å². The number of esters is 1. The van der Waals surface area contributed by atoms with Crippen LogP contribution in [0.15, 0.2) is 46.7 Å². The number of halogens is 1. The molecule has 184 valence electrons. The molecular formula is C26H24ClN5O3S. The van der Waals surface area contributed by atoms with Gasteiger partial charge in [-0.1, -0.05) is 35.5 Å². The second kappa shape index (κ2) is 11.1. The van der Waals surface area contributed by atoms with Gasteiger partial charge in [0, 0.05) is 36.1 Å². The lowest BCUT2D eigenvalue weighted by Crippen LogP contribution is -2.34. The van der Waals surface area contributed by atoms with Gasteiger partial charge in [0.1, 0.15) is 22.8 Å². The maximum Gasteiger partial charge on any atom is 0.338 e. The number of likely N-dealkylation sites (N-methyl/N-ethyl adjacent to an activating group) is 1. The predicted octanol–water partition coefficient (Wildman–Crippen LogP) is 4.43. The molecule has 2 aliphatic heterocycles. The fourth-order valence-corrected chi connectivity index (χ4v) is 5.42. The van der Waals surface area contributed by atoms with Crippen molar-refractivity contribution in [2.45, 2.75) is 30.8 Å². The minimum atomic E-state index is -1.01. The first-order valence-electron chi connectivity index (χ1n) is 11.4. The Morgan fingerprint density at radius 2 is 2.11 bits per heavy atom. The molecule has 0 saturated heterocycles. The Labute approximate surface area is 219 Å². The van der Waals surface area contributed by atoms with Crippen molar-refractivity contribution in [2.75, 3.05) is 26.0 Å². The largest absolute Gasteiger partial charge is 0.463 e. The van der Waals surface area contributed by atoms with Crippen LogP contribution in [0.25, 0.3) is 0 Å². The van der Waals surface area contributed by atoms with Crippen molar-refractivity contribution in [3.05, 3.63) is 69.1 Å². The predicted molar refractivity (Wildman–Crippen MR) is 135 cm³/mol. The molecule has 2 atom stereocenters. The van der Waals surface area contributed by atoms with E-state index in [4.69, 9.17) is 31.5 Å². The van der Waals surface area contributed by atoms with E-state index in [9.17, 15) is 15.3 Å². The monoisotopic (exact) mass is 521 g/mol. The lowest BCUT2D eigenvalue weighted by Gasteiger charge is -2.31. The Balaban J connectivity index is 1.74. The van der Waals surface area contributed by atoms with Gasteiger partial charge in [-0.3, -0.25) is 5.41 Å². The van der Waals surface area contributed by atoms with Gasteiger partial charge in [0.15, 0.2) is 0 Å². The second-order valence-electron chi connectivity index (χ2n) is 8.49. The molecule has 8 nitrogen and oxygen atoms in total. The van der Waals surface area contributed by atoms with E-state index in [1.165, 1.54) is 11.8 Å². The van der Waals surface area contributed by atoms with Gasteiger partial charge < -0.3 is 14.4 Å². The highest BCUT2D eigenvalue weighted by molar-refractivity contribution is 7.99. The first kappa shape index (κ1) is 25.7. The molecular weight excluding hydrogens is 498 g/mol. The van der Waals surface area contributed by atoms with E-state index >= 15 is 0 Å². The number of thioether (sulfide) groups is 1. The van der Waals surface area contributed by atoms with Crippen LogP contribution in [0.4, 0.5) is 0 Å². The highest BCUT2D eigenvalue weighted by Crippen LogP contribution is 2.41. The number of pyridine rings is 1. The number of nitrogens with one attached hydrogen (secondary N) is 1. The molecule has 10 heteroatoms. The number of rotatable bonds is 6. The van der Waals surface area contributed by atoms with E-state index in [0.29, 0.717) is 21.2 Å². The van der Waals surface area contributed by atoms with Crippen LogP contribution in [0.2, 0.25) is 5.02 Å². The van der Waals surface area contributed by atoms with Crippen LogP contribution >= 0.6 is 23.4 Å². The number of benzene rings is 1. The van der Waals surface area contributed by atoms with Crippen LogP contribution < -0.4 is 0 Å². The Bertz CT molecular complexity index is 1310. The third-order valence-electron chi connectivity index (χ3n) is 6.11. The van der Waals surface area contributed by atoms with Gasteiger partial charge in [0.25, 0.3) is 0 Å². The molecule has 0 bridgehead atoms. The Morgan fingerprint density at radius 3 is 2.78 bits per heavy atom. The summed E-state index contributed by atoms with van der Waals surface area (Å²) < 4.78 is 11.1. The summed E-state index contributed by atoms with van der Waals surface area (Å²) in [6, 6.07) is 13.0. The van der Waals surface area contributed by atoms with Gasteiger partial charge >= 0.3 is 5.97 Å². The van der Waals surface area contributed by atoms with Crippen molar-refractivity contribution in [3.8, 4) is 12.1 Å². The first-order valence-corrected chi connectivity index (χ1v) is 12.8. The molecule has 0 saturated carbocycles. The second-order valence-corrected chi connectivity index (χ2v) is 9.90. The van der Waals surface area contributed by atoms with E-state index in [2.05, 4.69) is 17.0 Å². The first-order chi connectivity index (χ1) is 17.4. The summed E-state index contributed by atoms with van der Waals surface area (Å²) in [5.41, 5.74) is 3.27. The smallest absolute Gasteiger partial charge is 0.338 e. The fraction of sp³-hybridized carbons (Fsp3) is 0.346. The minimum Gasteiger partial charge on any atom is -0.463 e. The number of carbonyl (C=O) groups excluding carboxylic acids is 1.